The third-order valence-corrected chi connectivity index (χ3v) is 5.89. The average Bonchev–Trinajstić information content (AvgIpc) is 3.22. The van der Waals surface area contributed by atoms with E-state index >= 15 is 0 Å². The van der Waals surface area contributed by atoms with Crippen LogP contribution >= 0.6 is 0 Å². The van der Waals surface area contributed by atoms with E-state index in [1.165, 1.54) is 0 Å². The Morgan fingerprint density at radius 3 is 1.89 bits per heavy atom. The molecule has 0 N–H and O–H groups in total. The summed E-state index contributed by atoms with van der Waals surface area (Å²) in [6, 6.07) is 24.2. The molecule has 4 heterocycles. The van der Waals surface area contributed by atoms with Gasteiger partial charge in [-0.15, -0.1) is 0 Å². The second kappa shape index (κ2) is 4.67. The number of hydrogen-bond acceptors (Lipinski definition) is 2. The van der Waals surface area contributed by atoms with E-state index in [-0.39, 0.29) is 5.56 Å². The van der Waals surface area contributed by atoms with Crippen LogP contribution < -0.4 is 5.56 Å². The highest BCUT2D eigenvalue weighted by molar-refractivity contribution is 6.22. The molecule has 4 aromatic heterocycles. The normalized spacial score (nSPS) is 12.4. The number of aromatic nitrogens is 3. The number of rotatable bonds is 0. The Hall–Kier alpha value is -3.92. The summed E-state index contributed by atoms with van der Waals surface area (Å²) in [6.45, 7) is 0. The third kappa shape index (κ3) is 1.46. The Bertz CT molecular complexity index is 1790. The van der Waals surface area contributed by atoms with Gasteiger partial charge in [0.25, 0.3) is 5.56 Å². The van der Waals surface area contributed by atoms with Gasteiger partial charge in [0.05, 0.1) is 38.5 Å². The molecule has 0 aliphatic rings. The summed E-state index contributed by atoms with van der Waals surface area (Å²) >= 11 is 0. The quantitative estimate of drug-likeness (QED) is 0.382. The van der Waals surface area contributed by atoms with Crippen molar-refractivity contribution in [3.8, 4) is 0 Å². The van der Waals surface area contributed by atoms with E-state index in [0.717, 1.165) is 49.3 Å². The van der Waals surface area contributed by atoms with Crippen LogP contribution in [0.1, 0.15) is 0 Å². The van der Waals surface area contributed by atoms with Crippen molar-refractivity contribution in [2.75, 3.05) is 0 Å². The van der Waals surface area contributed by atoms with Gasteiger partial charge in [0.15, 0.2) is 0 Å². The predicted molar refractivity (Wildman–Crippen MR) is 114 cm³/mol. The minimum absolute atomic E-state index is 0.00193. The van der Waals surface area contributed by atoms with Gasteiger partial charge in [0.1, 0.15) is 0 Å². The number of benzene rings is 3. The first-order valence-electron chi connectivity index (χ1n) is 9.30. The minimum atomic E-state index is 0.00193. The largest absolute Gasteiger partial charge is 0.305 e. The molecular weight excluding hydrogens is 346 g/mol. The van der Waals surface area contributed by atoms with Crippen LogP contribution in [-0.4, -0.2) is 13.8 Å². The Morgan fingerprint density at radius 2 is 1.14 bits per heavy atom. The molecule has 4 nitrogen and oxygen atoms in total. The summed E-state index contributed by atoms with van der Waals surface area (Å²) in [6.07, 6.45) is 1.91. The fraction of sp³-hybridized carbons (Fsp3) is 0. The highest BCUT2D eigenvalue weighted by atomic mass is 16.1. The van der Waals surface area contributed by atoms with Crippen molar-refractivity contribution in [2.45, 2.75) is 0 Å². The molecule has 0 spiro atoms. The summed E-state index contributed by atoms with van der Waals surface area (Å²) < 4.78 is 4.07. The van der Waals surface area contributed by atoms with Crippen LogP contribution in [0.15, 0.2) is 83.8 Å². The van der Waals surface area contributed by atoms with E-state index in [4.69, 9.17) is 4.98 Å². The highest BCUT2D eigenvalue weighted by Crippen LogP contribution is 2.37. The summed E-state index contributed by atoms with van der Waals surface area (Å²) in [5.41, 5.74) is 5.75. The van der Waals surface area contributed by atoms with E-state index in [0.29, 0.717) is 5.39 Å². The van der Waals surface area contributed by atoms with Crippen molar-refractivity contribution in [3.63, 3.8) is 0 Å². The molecule has 7 rings (SSSR count). The lowest BCUT2D eigenvalue weighted by Crippen LogP contribution is -2.09. The first-order chi connectivity index (χ1) is 13.8. The zero-order valence-electron chi connectivity index (χ0n) is 14.8. The molecule has 0 aliphatic carbocycles. The number of hydrogen-bond donors (Lipinski definition) is 0. The van der Waals surface area contributed by atoms with E-state index < -0.39 is 0 Å². The Balaban J connectivity index is 2.06. The van der Waals surface area contributed by atoms with Crippen molar-refractivity contribution in [2.24, 2.45) is 0 Å². The summed E-state index contributed by atoms with van der Waals surface area (Å²) in [4.78, 5) is 18.5. The van der Waals surface area contributed by atoms with E-state index in [2.05, 4.69) is 22.6 Å². The molecule has 0 fully saturated rings. The number of nitrogens with zero attached hydrogens (tertiary/aromatic N) is 3. The van der Waals surface area contributed by atoms with Crippen molar-refractivity contribution in [1.82, 2.24) is 13.8 Å². The van der Waals surface area contributed by atoms with Crippen molar-refractivity contribution >= 4 is 54.6 Å². The van der Waals surface area contributed by atoms with E-state index in [1.807, 2.05) is 65.2 Å². The van der Waals surface area contributed by atoms with Gasteiger partial charge in [-0.2, -0.15) is 0 Å². The van der Waals surface area contributed by atoms with Gasteiger partial charge in [-0.25, -0.2) is 0 Å². The van der Waals surface area contributed by atoms with E-state index in [9.17, 15) is 4.79 Å². The summed E-state index contributed by atoms with van der Waals surface area (Å²) in [5, 5.41) is 3.86. The molecule has 0 saturated heterocycles. The van der Waals surface area contributed by atoms with Gasteiger partial charge in [-0.3, -0.25) is 14.2 Å². The standard InChI is InChI=1S/C24H13N3O/c28-24-16-9-3-6-12-20(16)26-19-11-5-2-8-15(19)21-23(26)22-17(13-25-21)14-7-1-4-10-18(14)27(22)24/h1-13H. The molecule has 0 bridgehead atoms. The topological polar surface area (TPSA) is 38.8 Å². The molecule has 3 aromatic carbocycles. The van der Waals surface area contributed by atoms with Gasteiger partial charge in [-0.1, -0.05) is 48.5 Å². The van der Waals surface area contributed by atoms with Crippen LogP contribution in [0, 0.1) is 0 Å². The first kappa shape index (κ1) is 14.2. The third-order valence-electron chi connectivity index (χ3n) is 5.89. The predicted octanol–water partition coefficient (Wildman–Crippen LogP) is 5.00. The molecule has 130 valence electrons. The average molecular weight is 359 g/mol. The second-order valence-corrected chi connectivity index (χ2v) is 7.25. The Morgan fingerprint density at radius 1 is 0.571 bits per heavy atom. The van der Waals surface area contributed by atoms with Crippen LogP contribution in [0.25, 0.3) is 54.6 Å². The van der Waals surface area contributed by atoms with Crippen molar-refractivity contribution in [1.29, 1.82) is 0 Å². The Kier molecular flexibility index (Phi) is 2.37. The lowest BCUT2D eigenvalue weighted by Gasteiger charge is -1.99. The molecule has 0 amide bonds. The first-order valence-corrected chi connectivity index (χ1v) is 9.30. The van der Waals surface area contributed by atoms with Crippen LogP contribution in [0.5, 0.6) is 0 Å². The monoisotopic (exact) mass is 359 g/mol. The lowest BCUT2D eigenvalue weighted by atomic mass is 10.2. The van der Waals surface area contributed by atoms with Gasteiger partial charge in [-0.05, 0) is 24.3 Å². The van der Waals surface area contributed by atoms with Crippen LogP contribution in [0.2, 0.25) is 0 Å². The van der Waals surface area contributed by atoms with Gasteiger partial charge < -0.3 is 4.40 Å². The minimum Gasteiger partial charge on any atom is -0.305 e. The molecule has 0 aliphatic heterocycles. The summed E-state index contributed by atoms with van der Waals surface area (Å²) in [5.74, 6) is 0. The molecule has 28 heavy (non-hydrogen) atoms. The zero-order valence-corrected chi connectivity index (χ0v) is 14.8. The second-order valence-electron chi connectivity index (χ2n) is 7.25. The maximum atomic E-state index is 13.7. The number of fused-ring (bicyclic) bond motifs is 8. The van der Waals surface area contributed by atoms with Gasteiger partial charge >= 0.3 is 0 Å². The zero-order chi connectivity index (χ0) is 18.4. The SMILES string of the molecule is O=c1c2ccccc2n2c3ccccc3c3ncc4c5ccccc5n1c4c32. The van der Waals surface area contributed by atoms with Crippen LogP contribution in [0.4, 0.5) is 0 Å². The van der Waals surface area contributed by atoms with Crippen LogP contribution in [0.3, 0.4) is 0 Å². The molecule has 0 atom stereocenters. The highest BCUT2D eigenvalue weighted by Gasteiger charge is 2.21. The molecule has 4 heteroatoms. The van der Waals surface area contributed by atoms with E-state index in [1.54, 1.807) is 0 Å². The Labute approximate surface area is 158 Å². The van der Waals surface area contributed by atoms with Gasteiger partial charge in [0, 0.05) is 22.4 Å². The number of para-hydroxylation sites is 3. The van der Waals surface area contributed by atoms with Gasteiger partial charge in [0.2, 0.25) is 0 Å². The molecule has 0 saturated carbocycles. The molecule has 7 aromatic rings. The summed E-state index contributed by atoms with van der Waals surface area (Å²) in [7, 11) is 0. The fourth-order valence-corrected chi connectivity index (χ4v) is 4.76. The fourth-order valence-electron chi connectivity index (χ4n) is 4.76. The molecule has 0 unspecified atom stereocenters. The van der Waals surface area contributed by atoms with Crippen molar-refractivity contribution < 1.29 is 0 Å². The van der Waals surface area contributed by atoms with Crippen molar-refractivity contribution in [3.05, 3.63) is 89.3 Å². The lowest BCUT2D eigenvalue weighted by molar-refractivity contribution is 1.21. The number of pyridine rings is 1. The maximum absolute atomic E-state index is 13.7. The molecular formula is C24H13N3O. The molecule has 0 radical (unpaired) electrons. The maximum Gasteiger partial charge on any atom is 0.265 e. The smallest absolute Gasteiger partial charge is 0.265 e. The van der Waals surface area contributed by atoms with Crippen LogP contribution in [-0.2, 0) is 0 Å².